The van der Waals surface area contributed by atoms with E-state index in [2.05, 4.69) is 63.8 Å². The first-order valence-corrected chi connectivity index (χ1v) is 7.43. The van der Waals surface area contributed by atoms with Crippen molar-refractivity contribution in [3.63, 3.8) is 0 Å². The molecule has 0 aromatic heterocycles. The van der Waals surface area contributed by atoms with Gasteiger partial charge in [0, 0.05) is 6.54 Å². The Hall–Kier alpha value is -1.02. The highest BCUT2D eigenvalue weighted by Crippen LogP contribution is 2.24. The van der Waals surface area contributed by atoms with Crippen LogP contribution in [-0.2, 0) is 5.41 Å². The Morgan fingerprint density at radius 2 is 1.63 bits per heavy atom. The number of rotatable bonds is 7. The van der Waals surface area contributed by atoms with E-state index in [1.54, 1.807) is 0 Å². The first-order chi connectivity index (χ1) is 8.97. The standard InChI is InChI=1S/C17H29NO/c1-6-12-18(7-2)13-14-19-16-10-8-15(9-11-16)17(3,4)5/h8-11H,6-7,12-14H2,1-5H3. The zero-order valence-corrected chi connectivity index (χ0v) is 13.2. The van der Waals surface area contributed by atoms with Gasteiger partial charge in [0.1, 0.15) is 12.4 Å². The van der Waals surface area contributed by atoms with Crippen LogP contribution in [0.5, 0.6) is 5.75 Å². The number of benzene rings is 1. The van der Waals surface area contributed by atoms with Gasteiger partial charge in [-0.3, -0.25) is 0 Å². The van der Waals surface area contributed by atoms with Crippen molar-refractivity contribution in [2.45, 2.75) is 46.5 Å². The molecule has 0 spiro atoms. The molecule has 0 aliphatic carbocycles. The molecule has 0 amide bonds. The van der Waals surface area contributed by atoms with E-state index in [4.69, 9.17) is 4.74 Å². The molecule has 0 saturated carbocycles. The van der Waals surface area contributed by atoms with E-state index < -0.39 is 0 Å². The van der Waals surface area contributed by atoms with Gasteiger partial charge in [-0.1, -0.05) is 46.8 Å². The van der Waals surface area contributed by atoms with Gasteiger partial charge in [0.2, 0.25) is 0 Å². The fraction of sp³-hybridized carbons (Fsp3) is 0.647. The number of ether oxygens (including phenoxy) is 1. The summed E-state index contributed by atoms with van der Waals surface area (Å²) in [5.74, 6) is 0.973. The molecule has 0 aliphatic heterocycles. The molecule has 19 heavy (non-hydrogen) atoms. The topological polar surface area (TPSA) is 12.5 Å². The van der Waals surface area contributed by atoms with Gasteiger partial charge in [-0.2, -0.15) is 0 Å². The average Bonchev–Trinajstić information content (AvgIpc) is 2.37. The van der Waals surface area contributed by atoms with Crippen LogP contribution in [0.4, 0.5) is 0 Å². The zero-order chi connectivity index (χ0) is 14.3. The van der Waals surface area contributed by atoms with E-state index in [0.29, 0.717) is 0 Å². The predicted octanol–water partition coefficient (Wildman–Crippen LogP) is 4.09. The molecule has 108 valence electrons. The molecule has 0 heterocycles. The van der Waals surface area contributed by atoms with Crippen LogP contribution in [0, 0.1) is 0 Å². The van der Waals surface area contributed by atoms with Crippen molar-refractivity contribution < 1.29 is 4.74 Å². The largest absolute Gasteiger partial charge is 0.492 e. The van der Waals surface area contributed by atoms with Gasteiger partial charge in [0.15, 0.2) is 0 Å². The Bertz CT molecular complexity index is 351. The molecule has 0 aliphatic rings. The van der Waals surface area contributed by atoms with E-state index in [0.717, 1.165) is 32.0 Å². The van der Waals surface area contributed by atoms with Crippen LogP contribution < -0.4 is 4.74 Å². The summed E-state index contributed by atoms with van der Waals surface area (Å²) in [6.07, 6.45) is 1.20. The van der Waals surface area contributed by atoms with E-state index in [9.17, 15) is 0 Å². The van der Waals surface area contributed by atoms with Crippen LogP contribution >= 0.6 is 0 Å². The van der Waals surface area contributed by atoms with Crippen LogP contribution in [0.3, 0.4) is 0 Å². The van der Waals surface area contributed by atoms with Gasteiger partial charge < -0.3 is 9.64 Å². The van der Waals surface area contributed by atoms with Crippen molar-refractivity contribution >= 4 is 0 Å². The van der Waals surface area contributed by atoms with Crippen molar-refractivity contribution in [3.05, 3.63) is 29.8 Å². The van der Waals surface area contributed by atoms with Crippen LogP contribution in [0.1, 0.15) is 46.6 Å². The maximum Gasteiger partial charge on any atom is 0.119 e. The Labute approximate surface area is 118 Å². The zero-order valence-electron chi connectivity index (χ0n) is 13.2. The van der Waals surface area contributed by atoms with Crippen LogP contribution in [-0.4, -0.2) is 31.1 Å². The smallest absolute Gasteiger partial charge is 0.119 e. The molecule has 1 rings (SSSR count). The summed E-state index contributed by atoms with van der Waals surface area (Å²) in [5, 5.41) is 0. The first-order valence-electron chi connectivity index (χ1n) is 7.43. The van der Waals surface area contributed by atoms with E-state index in [1.807, 2.05) is 0 Å². The maximum absolute atomic E-state index is 5.81. The molecule has 0 fully saturated rings. The second-order valence-corrected chi connectivity index (χ2v) is 6.06. The van der Waals surface area contributed by atoms with Gasteiger partial charge in [-0.15, -0.1) is 0 Å². The fourth-order valence-electron chi connectivity index (χ4n) is 2.09. The quantitative estimate of drug-likeness (QED) is 0.734. The van der Waals surface area contributed by atoms with E-state index in [-0.39, 0.29) is 5.41 Å². The number of likely N-dealkylation sites (N-methyl/N-ethyl adjacent to an activating group) is 1. The monoisotopic (exact) mass is 263 g/mol. The Kier molecular flexibility index (Phi) is 6.36. The Morgan fingerprint density at radius 3 is 2.11 bits per heavy atom. The van der Waals surface area contributed by atoms with Crippen LogP contribution in [0.15, 0.2) is 24.3 Å². The lowest BCUT2D eigenvalue weighted by molar-refractivity contribution is 0.216. The van der Waals surface area contributed by atoms with Crippen LogP contribution in [0.2, 0.25) is 0 Å². The Balaban J connectivity index is 2.42. The summed E-state index contributed by atoms with van der Waals surface area (Å²) in [6.45, 7) is 15.1. The predicted molar refractivity (Wildman–Crippen MR) is 83.0 cm³/mol. The molecule has 0 saturated heterocycles. The third kappa shape index (κ3) is 5.65. The molecule has 0 radical (unpaired) electrons. The lowest BCUT2D eigenvalue weighted by atomic mass is 9.87. The van der Waals surface area contributed by atoms with Gasteiger partial charge in [-0.25, -0.2) is 0 Å². The summed E-state index contributed by atoms with van der Waals surface area (Å²) in [7, 11) is 0. The molecule has 0 N–H and O–H groups in total. The Morgan fingerprint density at radius 1 is 1.00 bits per heavy atom. The highest BCUT2D eigenvalue weighted by Gasteiger charge is 2.12. The minimum absolute atomic E-state index is 0.207. The molecule has 0 unspecified atom stereocenters. The third-order valence-corrected chi connectivity index (χ3v) is 3.38. The van der Waals surface area contributed by atoms with E-state index >= 15 is 0 Å². The summed E-state index contributed by atoms with van der Waals surface area (Å²) in [6, 6.07) is 8.49. The molecular weight excluding hydrogens is 234 g/mol. The molecule has 0 atom stereocenters. The minimum Gasteiger partial charge on any atom is -0.492 e. The number of hydrogen-bond acceptors (Lipinski definition) is 2. The first kappa shape index (κ1) is 16.0. The molecule has 1 aromatic carbocycles. The lowest BCUT2D eigenvalue weighted by Crippen LogP contribution is -2.29. The van der Waals surface area contributed by atoms with Crippen molar-refractivity contribution in [1.29, 1.82) is 0 Å². The van der Waals surface area contributed by atoms with Crippen LogP contribution in [0.25, 0.3) is 0 Å². The summed E-state index contributed by atoms with van der Waals surface area (Å²) in [4.78, 5) is 2.42. The summed E-state index contributed by atoms with van der Waals surface area (Å²) >= 11 is 0. The maximum atomic E-state index is 5.81. The van der Waals surface area contributed by atoms with E-state index in [1.165, 1.54) is 12.0 Å². The molecule has 1 aromatic rings. The number of hydrogen-bond donors (Lipinski definition) is 0. The minimum atomic E-state index is 0.207. The molecule has 0 bridgehead atoms. The van der Waals surface area contributed by atoms with Crippen molar-refractivity contribution in [3.8, 4) is 5.75 Å². The van der Waals surface area contributed by atoms with Crippen molar-refractivity contribution in [2.24, 2.45) is 0 Å². The second kappa shape index (κ2) is 7.54. The van der Waals surface area contributed by atoms with Gasteiger partial charge in [0.25, 0.3) is 0 Å². The lowest BCUT2D eigenvalue weighted by Gasteiger charge is -2.21. The molecule has 2 heteroatoms. The normalized spacial score (nSPS) is 11.9. The summed E-state index contributed by atoms with van der Waals surface area (Å²) < 4.78 is 5.81. The van der Waals surface area contributed by atoms with Crippen molar-refractivity contribution in [2.75, 3.05) is 26.2 Å². The van der Waals surface area contributed by atoms with Gasteiger partial charge >= 0.3 is 0 Å². The fourth-order valence-corrected chi connectivity index (χ4v) is 2.09. The SMILES string of the molecule is CCCN(CC)CCOc1ccc(C(C)(C)C)cc1. The third-order valence-electron chi connectivity index (χ3n) is 3.38. The molecular formula is C17H29NO. The highest BCUT2D eigenvalue weighted by atomic mass is 16.5. The summed E-state index contributed by atoms with van der Waals surface area (Å²) in [5.41, 5.74) is 1.56. The highest BCUT2D eigenvalue weighted by molar-refractivity contribution is 5.31. The van der Waals surface area contributed by atoms with Gasteiger partial charge in [0.05, 0.1) is 0 Å². The molecule has 2 nitrogen and oxygen atoms in total. The number of nitrogens with zero attached hydrogens (tertiary/aromatic N) is 1. The average molecular weight is 263 g/mol. The second-order valence-electron chi connectivity index (χ2n) is 6.06. The van der Waals surface area contributed by atoms with Crippen molar-refractivity contribution in [1.82, 2.24) is 4.90 Å². The van der Waals surface area contributed by atoms with Gasteiger partial charge in [-0.05, 0) is 42.6 Å².